The van der Waals surface area contributed by atoms with Gasteiger partial charge in [0.25, 0.3) is 5.95 Å². The molecule has 0 saturated heterocycles. The van der Waals surface area contributed by atoms with Crippen molar-refractivity contribution in [2.45, 2.75) is 32.9 Å². The number of amides is 1. The van der Waals surface area contributed by atoms with E-state index in [2.05, 4.69) is 15.6 Å². The number of anilines is 1. The molecule has 1 aromatic heterocycles. The van der Waals surface area contributed by atoms with Gasteiger partial charge in [0.15, 0.2) is 17.5 Å². The molecule has 0 bridgehead atoms. The summed E-state index contributed by atoms with van der Waals surface area (Å²) in [5, 5.41) is 4.97. The molecule has 0 radical (unpaired) electrons. The zero-order valence-corrected chi connectivity index (χ0v) is 10.2. The fourth-order valence-electron chi connectivity index (χ4n) is 1.23. The smallest absolute Gasteiger partial charge is 0.251 e. The van der Waals surface area contributed by atoms with Crippen molar-refractivity contribution < 1.29 is 18.0 Å². The Morgan fingerprint density at radius 2 is 1.83 bits per heavy atom. The first-order valence-corrected chi connectivity index (χ1v) is 5.39. The lowest BCUT2D eigenvalue weighted by atomic mass is 10.2. The van der Waals surface area contributed by atoms with Gasteiger partial charge in [0.05, 0.1) is 0 Å². The van der Waals surface area contributed by atoms with E-state index >= 15 is 0 Å². The minimum atomic E-state index is -1.42. The number of pyridine rings is 1. The predicted octanol–water partition coefficient (Wildman–Crippen LogP) is 1.82. The molecule has 1 amide bonds. The average Bonchev–Trinajstić information content (AvgIpc) is 2.24. The fourth-order valence-corrected chi connectivity index (χ4v) is 1.23. The fraction of sp³-hybridized carbons (Fsp3) is 0.455. The van der Waals surface area contributed by atoms with Gasteiger partial charge in [-0.2, -0.15) is 9.37 Å². The first kappa shape index (κ1) is 14.3. The average molecular weight is 261 g/mol. The minimum absolute atomic E-state index is 0.0792. The Morgan fingerprint density at radius 1 is 1.22 bits per heavy atom. The highest BCUT2D eigenvalue weighted by atomic mass is 19.2. The normalized spacial score (nSPS) is 12.4. The van der Waals surface area contributed by atoms with Gasteiger partial charge in [0.1, 0.15) is 6.04 Å². The van der Waals surface area contributed by atoms with Crippen LogP contribution in [0.4, 0.5) is 19.0 Å². The minimum Gasteiger partial charge on any atom is -0.356 e. The van der Waals surface area contributed by atoms with E-state index in [1.807, 2.05) is 0 Å². The van der Waals surface area contributed by atoms with Crippen LogP contribution in [0, 0.1) is 17.6 Å². The van der Waals surface area contributed by atoms with E-state index in [1.165, 1.54) is 6.92 Å². The number of halogens is 3. The van der Waals surface area contributed by atoms with Crippen molar-refractivity contribution in [3.63, 3.8) is 0 Å². The quantitative estimate of drug-likeness (QED) is 0.813. The second-order valence-corrected chi connectivity index (χ2v) is 4.12. The van der Waals surface area contributed by atoms with Crippen LogP contribution in [0.15, 0.2) is 6.07 Å². The van der Waals surface area contributed by atoms with E-state index in [0.717, 1.165) is 0 Å². The zero-order chi connectivity index (χ0) is 13.9. The molecule has 0 aliphatic heterocycles. The third kappa shape index (κ3) is 3.61. The summed E-state index contributed by atoms with van der Waals surface area (Å²) in [5.74, 6) is -4.75. The lowest BCUT2D eigenvalue weighted by Crippen LogP contribution is -2.41. The van der Waals surface area contributed by atoms with Crippen molar-refractivity contribution in [3.05, 3.63) is 23.6 Å². The van der Waals surface area contributed by atoms with E-state index in [-0.39, 0.29) is 6.04 Å². The lowest BCUT2D eigenvalue weighted by Gasteiger charge is -2.16. The Balaban J connectivity index is 2.79. The maximum atomic E-state index is 13.3. The van der Waals surface area contributed by atoms with Gasteiger partial charge in [-0.25, -0.2) is 8.78 Å². The van der Waals surface area contributed by atoms with Crippen LogP contribution in [0.3, 0.4) is 0 Å². The standard InChI is InChI=1S/C11H14F3N3O/c1-5(2)15-11(18)6(3)16-10-8(13)4-7(12)9(14)17-10/h4-6H,1-3H3,(H,15,18)(H,16,17). The summed E-state index contributed by atoms with van der Waals surface area (Å²) in [4.78, 5) is 14.6. The number of nitrogens with zero attached hydrogens (tertiary/aromatic N) is 1. The van der Waals surface area contributed by atoms with Crippen molar-refractivity contribution in [1.29, 1.82) is 0 Å². The number of hydrogen-bond donors (Lipinski definition) is 2. The Morgan fingerprint density at radius 3 is 2.39 bits per heavy atom. The molecule has 0 aromatic carbocycles. The first-order chi connectivity index (χ1) is 8.31. The zero-order valence-electron chi connectivity index (χ0n) is 10.2. The molecule has 1 unspecified atom stereocenters. The summed E-state index contributed by atoms with van der Waals surface area (Å²) in [7, 11) is 0. The van der Waals surface area contributed by atoms with Crippen LogP contribution in [-0.4, -0.2) is 23.0 Å². The summed E-state index contributed by atoms with van der Waals surface area (Å²) >= 11 is 0. The number of rotatable bonds is 4. The molecule has 0 aliphatic carbocycles. The first-order valence-electron chi connectivity index (χ1n) is 5.39. The molecule has 7 heteroatoms. The maximum absolute atomic E-state index is 13.3. The SMILES string of the molecule is CC(C)NC(=O)C(C)Nc1nc(F)c(F)cc1F. The van der Waals surface area contributed by atoms with Crippen LogP contribution in [0.5, 0.6) is 0 Å². The third-order valence-electron chi connectivity index (χ3n) is 2.06. The monoisotopic (exact) mass is 261 g/mol. The van der Waals surface area contributed by atoms with Gasteiger partial charge in [-0.15, -0.1) is 0 Å². The molecule has 2 N–H and O–H groups in total. The molecule has 18 heavy (non-hydrogen) atoms. The van der Waals surface area contributed by atoms with Crippen molar-refractivity contribution in [3.8, 4) is 0 Å². The maximum Gasteiger partial charge on any atom is 0.251 e. The van der Waals surface area contributed by atoms with Crippen LogP contribution in [0.1, 0.15) is 20.8 Å². The number of nitrogens with one attached hydrogen (secondary N) is 2. The van der Waals surface area contributed by atoms with Crippen LogP contribution in [0.25, 0.3) is 0 Å². The van der Waals surface area contributed by atoms with E-state index in [9.17, 15) is 18.0 Å². The largest absolute Gasteiger partial charge is 0.356 e. The van der Waals surface area contributed by atoms with E-state index in [1.54, 1.807) is 13.8 Å². The van der Waals surface area contributed by atoms with Crippen LogP contribution < -0.4 is 10.6 Å². The van der Waals surface area contributed by atoms with E-state index in [0.29, 0.717) is 6.07 Å². The van der Waals surface area contributed by atoms with Crippen molar-refractivity contribution in [1.82, 2.24) is 10.3 Å². The molecular weight excluding hydrogens is 247 g/mol. The van der Waals surface area contributed by atoms with Crippen molar-refractivity contribution in [2.24, 2.45) is 0 Å². The Labute approximate surface area is 103 Å². The highest BCUT2D eigenvalue weighted by Gasteiger charge is 2.18. The van der Waals surface area contributed by atoms with Crippen LogP contribution in [-0.2, 0) is 4.79 Å². The highest BCUT2D eigenvalue weighted by Crippen LogP contribution is 2.15. The molecule has 100 valence electrons. The third-order valence-corrected chi connectivity index (χ3v) is 2.06. The summed E-state index contributed by atoms with van der Waals surface area (Å²) in [6.45, 7) is 4.99. The molecule has 1 aromatic rings. The van der Waals surface area contributed by atoms with Crippen molar-refractivity contribution in [2.75, 3.05) is 5.32 Å². The van der Waals surface area contributed by atoms with E-state index < -0.39 is 35.3 Å². The molecule has 1 atom stereocenters. The van der Waals surface area contributed by atoms with Crippen LogP contribution >= 0.6 is 0 Å². The van der Waals surface area contributed by atoms with E-state index in [4.69, 9.17) is 0 Å². The second kappa shape index (κ2) is 5.70. The van der Waals surface area contributed by atoms with Gasteiger partial charge < -0.3 is 10.6 Å². The molecule has 1 rings (SSSR count). The number of aromatic nitrogens is 1. The molecule has 0 aliphatic rings. The molecule has 0 spiro atoms. The Bertz CT molecular complexity index is 451. The summed E-state index contributed by atoms with van der Waals surface area (Å²) in [5.41, 5.74) is 0. The van der Waals surface area contributed by atoms with Gasteiger partial charge in [-0.05, 0) is 20.8 Å². The van der Waals surface area contributed by atoms with Crippen LogP contribution in [0.2, 0.25) is 0 Å². The molecule has 1 heterocycles. The van der Waals surface area contributed by atoms with Gasteiger partial charge >= 0.3 is 0 Å². The number of hydrogen-bond acceptors (Lipinski definition) is 3. The molecule has 0 saturated carbocycles. The summed E-state index contributed by atoms with van der Waals surface area (Å²) in [6.07, 6.45) is 0. The lowest BCUT2D eigenvalue weighted by molar-refractivity contribution is -0.122. The van der Waals surface area contributed by atoms with Crippen molar-refractivity contribution >= 4 is 11.7 Å². The summed E-state index contributed by atoms with van der Waals surface area (Å²) < 4.78 is 38.7. The van der Waals surface area contributed by atoms with Gasteiger partial charge in [0.2, 0.25) is 5.91 Å². The van der Waals surface area contributed by atoms with Gasteiger partial charge in [0, 0.05) is 12.1 Å². The Kier molecular flexibility index (Phi) is 4.52. The Hall–Kier alpha value is -1.79. The molecule has 4 nitrogen and oxygen atoms in total. The highest BCUT2D eigenvalue weighted by molar-refractivity contribution is 5.84. The molecule has 0 fully saturated rings. The van der Waals surface area contributed by atoms with Gasteiger partial charge in [-0.1, -0.05) is 0 Å². The number of carbonyl (C=O) groups is 1. The summed E-state index contributed by atoms with van der Waals surface area (Å²) in [6, 6.07) is -0.527. The number of carbonyl (C=O) groups excluding carboxylic acids is 1. The topological polar surface area (TPSA) is 54.0 Å². The second-order valence-electron chi connectivity index (χ2n) is 4.12. The predicted molar refractivity (Wildman–Crippen MR) is 60.5 cm³/mol. The molecular formula is C11H14F3N3O. The van der Waals surface area contributed by atoms with Gasteiger partial charge in [-0.3, -0.25) is 4.79 Å².